The van der Waals surface area contributed by atoms with Crippen molar-refractivity contribution in [2.45, 2.75) is 33.2 Å². The third-order valence-corrected chi connectivity index (χ3v) is 5.50. The van der Waals surface area contributed by atoms with Gasteiger partial charge in [0, 0.05) is 31.2 Å². The lowest BCUT2D eigenvalue weighted by Gasteiger charge is -2.32. The summed E-state index contributed by atoms with van der Waals surface area (Å²) in [5, 5.41) is 1.10. The summed E-state index contributed by atoms with van der Waals surface area (Å²) in [6.07, 6.45) is 0.693. The molecule has 6 nitrogen and oxygen atoms in total. The maximum atomic E-state index is 13.5. The first-order valence-corrected chi connectivity index (χ1v) is 10.8. The van der Waals surface area contributed by atoms with Gasteiger partial charge in [-0.25, -0.2) is 4.98 Å². The van der Waals surface area contributed by atoms with Crippen molar-refractivity contribution in [3.63, 3.8) is 0 Å². The van der Waals surface area contributed by atoms with Crippen LogP contribution < -0.4 is 5.56 Å². The van der Waals surface area contributed by atoms with E-state index in [0.29, 0.717) is 47.0 Å². The smallest absolute Gasteiger partial charge is 0.266 e. The van der Waals surface area contributed by atoms with Crippen molar-refractivity contribution >= 4 is 28.4 Å². The van der Waals surface area contributed by atoms with Crippen LogP contribution in [0, 0.1) is 5.92 Å². The second-order valence-corrected chi connectivity index (χ2v) is 8.25. The van der Waals surface area contributed by atoms with Crippen LogP contribution in [0.25, 0.3) is 16.6 Å². The number of aromatic nitrogens is 2. The minimum Gasteiger partial charge on any atom is -0.385 e. The van der Waals surface area contributed by atoms with E-state index in [0.717, 1.165) is 0 Å². The van der Waals surface area contributed by atoms with Crippen molar-refractivity contribution < 1.29 is 9.53 Å². The summed E-state index contributed by atoms with van der Waals surface area (Å²) in [5.41, 5.74) is 1.08. The van der Waals surface area contributed by atoms with Crippen molar-refractivity contribution in [2.24, 2.45) is 5.92 Å². The zero-order valence-corrected chi connectivity index (χ0v) is 19.1. The molecule has 2 aromatic carbocycles. The van der Waals surface area contributed by atoms with Gasteiger partial charge in [0.15, 0.2) is 0 Å². The van der Waals surface area contributed by atoms with Crippen molar-refractivity contribution in [1.29, 1.82) is 0 Å². The summed E-state index contributed by atoms with van der Waals surface area (Å²) in [6.45, 7) is 6.71. The third kappa shape index (κ3) is 4.97. The summed E-state index contributed by atoms with van der Waals surface area (Å²) < 4.78 is 6.76. The Hall–Kier alpha value is -2.70. The van der Waals surface area contributed by atoms with E-state index in [9.17, 15) is 9.59 Å². The van der Waals surface area contributed by atoms with Crippen LogP contribution in [0.3, 0.4) is 0 Å². The number of para-hydroxylation sites is 1. The monoisotopic (exact) mass is 441 g/mol. The molecule has 0 fully saturated rings. The number of ether oxygens (including phenoxy) is 1. The molecule has 0 aliphatic heterocycles. The Morgan fingerprint density at radius 1 is 1.13 bits per heavy atom. The molecular formula is C24H28ClN3O3. The molecule has 31 heavy (non-hydrogen) atoms. The Balaban J connectivity index is 2.20. The van der Waals surface area contributed by atoms with Crippen LogP contribution >= 0.6 is 11.6 Å². The number of benzene rings is 2. The molecule has 1 amide bonds. The molecule has 0 aliphatic carbocycles. The second-order valence-electron chi connectivity index (χ2n) is 7.81. The Morgan fingerprint density at radius 2 is 1.81 bits per heavy atom. The summed E-state index contributed by atoms with van der Waals surface area (Å²) in [6, 6.07) is 13.9. The van der Waals surface area contributed by atoms with E-state index in [-0.39, 0.29) is 17.4 Å². The van der Waals surface area contributed by atoms with Gasteiger partial charge in [0.1, 0.15) is 5.82 Å². The van der Waals surface area contributed by atoms with Crippen LogP contribution in [0.1, 0.15) is 39.1 Å². The highest BCUT2D eigenvalue weighted by Crippen LogP contribution is 2.25. The number of halogens is 1. The third-order valence-electron chi connectivity index (χ3n) is 5.25. The lowest BCUT2D eigenvalue weighted by atomic mass is 10.1. The largest absolute Gasteiger partial charge is 0.385 e. The van der Waals surface area contributed by atoms with Gasteiger partial charge in [-0.2, -0.15) is 0 Å². The zero-order chi connectivity index (χ0) is 22.5. The van der Waals surface area contributed by atoms with E-state index in [1.54, 1.807) is 46.9 Å². The lowest BCUT2D eigenvalue weighted by molar-refractivity contribution is -0.137. The highest BCUT2D eigenvalue weighted by Gasteiger charge is 2.28. The van der Waals surface area contributed by atoms with Crippen molar-refractivity contribution in [3.05, 3.63) is 69.7 Å². The predicted molar refractivity (Wildman–Crippen MR) is 124 cm³/mol. The summed E-state index contributed by atoms with van der Waals surface area (Å²) in [7, 11) is 1.64. The van der Waals surface area contributed by atoms with Gasteiger partial charge < -0.3 is 9.64 Å². The molecule has 1 heterocycles. The maximum absolute atomic E-state index is 13.5. The number of amides is 1. The summed E-state index contributed by atoms with van der Waals surface area (Å²) >= 11 is 6.07. The van der Waals surface area contributed by atoms with E-state index >= 15 is 0 Å². The van der Waals surface area contributed by atoms with E-state index in [1.165, 1.54) is 0 Å². The number of rotatable bonds is 8. The fourth-order valence-corrected chi connectivity index (χ4v) is 3.74. The molecule has 3 rings (SSSR count). The van der Waals surface area contributed by atoms with Gasteiger partial charge in [0.05, 0.1) is 22.6 Å². The topological polar surface area (TPSA) is 64.4 Å². The van der Waals surface area contributed by atoms with Crippen LogP contribution in [0.15, 0.2) is 53.3 Å². The molecule has 0 N–H and O–H groups in total. The number of hydrogen-bond donors (Lipinski definition) is 0. The molecule has 164 valence electrons. The zero-order valence-electron chi connectivity index (χ0n) is 18.3. The normalized spacial score (nSPS) is 12.3. The summed E-state index contributed by atoms with van der Waals surface area (Å²) in [4.78, 5) is 33.2. The molecule has 0 bridgehead atoms. The van der Waals surface area contributed by atoms with Crippen molar-refractivity contribution in [2.75, 3.05) is 20.3 Å². The van der Waals surface area contributed by atoms with Crippen LogP contribution in [0.2, 0.25) is 5.02 Å². The van der Waals surface area contributed by atoms with E-state index in [1.807, 2.05) is 39.0 Å². The van der Waals surface area contributed by atoms with Gasteiger partial charge >= 0.3 is 0 Å². The minimum absolute atomic E-state index is 0.00802. The van der Waals surface area contributed by atoms with E-state index in [2.05, 4.69) is 0 Å². The Bertz CT molecular complexity index is 1110. The lowest BCUT2D eigenvalue weighted by Crippen LogP contribution is -2.40. The van der Waals surface area contributed by atoms with Crippen LogP contribution in [-0.2, 0) is 9.53 Å². The molecule has 0 aliphatic rings. The molecule has 0 radical (unpaired) electrons. The van der Waals surface area contributed by atoms with Gasteiger partial charge in [-0.05, 0) is 49.7 Å². The number of carbonyl (C=O) groups is 1. The number of methoxy groups -OCH3 is 1. The molecule has 1 atom stereocenters. The van der Waals surface area contributed by atoms with Gasteiger partial charge in [-0.3, -0.25) is 14.2 Å². The quantitative estimate of drug-likeness (QED) is 0.478. The van der Waals surface area contributed by atoms with Gasteiger partial charge in [-0.1, -0.05) is 37.6 Å². The Morgan fingerprint density at radius 3 is 2.45 bits per heavy atom. The minimum atomic E-state index is -0.417. The predicted octanol–water partition coefficient (Wildman–Crippen LogP) is 4.62. The van der Waals surface area contributed by atoms with E-state index in [4.69, 9.17) is 21.3 Å². The molecule has 0 spiro atoms. The molecule has 3 aromatic rings. The maximum Gasteiger partial charge on any atom is 0.266 e. The number of carbonyl (C=O) groups excluding carboxylic acids is 1. The van der Waals surface area contributed by atoms with Crippen LogP contribution in [0.4, 0.5) is 0 Å². The highest BCUT2D eigenvalue weighted by molar-refractivity contribution is 6.30. The fourth-order valence-electron chi connectivity index (χ4n) is 3.61. The molecule has 7 heteroatoms. The number of nitrogens with zero attached hydrogens (tertiary/aromatic N) is 3. The van der Waals surface area contributed by atoms with Crippen LogP contribution in [0.5, 0.6) is 0 Å². The van der Waals surface area contributed by atoms with E-state index < -0.39 is 6.04 Å². The first-order chi connectivity index (χ1) is 14.8. The SMILES string of the molecule is COCCCN(C(=O)C(C)C)C(C)c1nc2ccccc2c(=O)n1-c1ccc(Cl)cc1. The Kier molecular flexibility index (Phi) is 7.46. The van der Waals surface area contributed by atoms with Crippen LogP contribution in [-0.4, -0.2) is 40.6 Å². The Labute approximate surface area is 187 Å². The summed E-state index contributed by atoms with van der Waals surface area (Å²) in [5.74, 6) is 0.340. The first kappa shape index (κ1) is 23.0. The number of fused-ring (bicyclic) bond motifs is 1. The van der Waals surface area contributed by atoms with Crippen molar-refractivity contribution in [1.82, 2.24) is 14.5 Å². The molecular weight excluding hydrogens is 414 g/mol. The highest BCUT2D eigenvalue weighted by atomic mass is 35.5. The van der Waals surface area contributed by atoms with Gasteiger partial charge in [0.25, 0.3) is 5.56 Å². The average Bonchev–Trinajstić information content (AvgIpc) is 2.76. The van der Waals surface area contributed by atoms with Gasteiger partial charge in [0.2, 0.25) is 5.91 Å². The number of hydrogen-bond acceptors (Lipinski definition) is 4. The second kappa shape index (κ2) is 10.1. The fraction of sp³-hybridized carbons (Fsp3) is 0.375. The first-order valence-electron chi connectivity index (χ1n) is 10.4. The van der Waals surface area contributed by atoms with Crippen molar-refractivity contribution in [3.8, 4) is 5.69 Å². The standard InChI is InChI=1S/C24H28ClN3O3/c1-16(2)23(29)27(14-7-15-31-4)17(3)22-26-21-9-6-5-8-20(21)24(30)28(22)19-12-10-18(25)11-13-19/h5-6,8-13,16-17H,7,14-15H2,1-4H3. The average molecular weight is 442 g/mol. The molecule has 0 saturated heterocycles. The molecule has 0 saturated carbocycles. The molecule has 1 unspecified atom stereocenters. The molecule has 1 aromatic heterocycles. The van der Waals surface area contributed by atoms with Gasteiger partial charge in [-0.15, -0.1) is 0 Å².